The van der Waals surface area contributed by atoms with Gasteiger partial charge in [0.15, 0.2) is 0 Å². The van der Waals surface area contributed by atoms with E-state index in [-0.39, 0.29) is 24.4 Å². The van der Waals surface area contributed by atoms with E-state index >= 15 is 0 Å². The number of nitrogens with one attached hydrogen (secondary N) is 2. The number of ether oxygens (including phenoxy) is 1. The van der Waals surface area contributed by atoms with Crippen LogP contribution in [0, 0.1) is 6.92 Å². The lowest BCUT2D eigenvalue weighted by Crippen LogP contribution is -2.47. The van der Waals surface area contributed by atoms with Gasteiger partial charge in [0.1, 0.15) is 6.10 Å². The topological polar surface area (TPSA) is 50.4 Å². The lowest BCUT2D eigenvalue weighted by atomic mass is 10.1. The van der Waals surface area contributed by atoms with Crippen LogP contribution in [0.4, 0.5) is 0 Å². The minimum Gasteiger partial charge on any atom is -0.366 e. The summed E-state index contributed by atoms with van der Waals surface area (Å²) in [4.78, 5) is 11.8. The van der Waals surface area contributed by atoms with Crippen molar-refractivity contribution in [1.29, 1.82) is 0 Å². The van der Waals surface area contributed by atoms with Gasteiger partial charge in [-0.05, 0) is 12.5 Å². The Balaban J connectivity index is 0.00000162. The number of halogens is 1. The highest BCUT2D eigenvalue weighted by Gasteiger charge is 2.20. The summed E-state index contributed by atoms with van der Waals surface area (Å²) in [7, 11) is 0. The van der Waals surface area contributed by atoms with Crippen molar-refractivity contribution in [2.24, 2.45) is 0 Å². The minimum atomic E-state index is -0.353. The Labute approximate surface area is 114 Å². The predicted molar refractivity (Wildman–Crippen MR) is 72.9 cm³/mol. The molecule has 0 bridgehead atoms. The van der Waals surface area contributed by atoms with Crippen molar-refractivity contribution in [2.45, 2.75) is 19.6 Å². The largest absolute Gasteiger partial charge is 0.366 e. The summed E-state index contributed by atoms with van der Waals surface area (Å²) in [6.45, 7) is 4.61. The fourth-order valence-corrected chi connectivity index (χ4v) is 1.86. The average Bonchev–Trinajstić information content (AvgIpc) is 2.37. The van der Waals surface area contributed by atoms with Gasteiger partial charge in [0.2, 0.25) is 0 Å². The minimum absolute atomic E-state index is 0. The van der Waals surface area contributed by atoms with Gasteiger partial charge in [0.25, 0.3) is 5.91 Å². The zero-order chi connectivity index (χ0) is 12.1. The van der Waals surface area contributed by atoms with Crippen molar-refractivity contribution in [2.75, 3.05) is 19.7 Å². The predicted octanol–water partition coefficient (Wildman–Crippen LogP) is 1.02. The Hall–Kier alpha value is -1.10. The average molecular weight is 271 g/mol. The Morgan fingerprint density at radius 3 is 3.06 bits per heavy atom. The normalized spacial score (nSPS) is 18.8. The maximum Gasteiger partial charge on any atom is 0.250 e. The molecule has 1 amide bonds. The highest BCUT2D eigenvalue weighted by Crippen LogP contribution is 2.04. The molecule has 1 unspecified atom stereocenters. The van der Waals surface area contributed by atoms with Crippen LogP contribution in [0.25, 0.3) is 0 Å². The molecule has 0 spiro atoms. The van der Waals surface area contributed by atoms with E-state index in [1.807, 2.05) is 25.1 Å². The second-order valence-electron chi connectivity index (χ2n) is 4.27. The third kappa shape index (κ3) is 4.29. The van der Waals surface area contributed by atoms with E-state index in [2.05, 4.69) is 16.7 Å². The summed E-state index contributed by atoms with van der Waals surface area (Å²) in [6, 6.07) is 8.11. The van der Waals surface area contributed by atoms with Gasteiger partial charge < -0.3 is 15.4 Å². The molecule has 2 N–H and O–H groups in total. The highest BCUT2D eigenvalue weighted by atomic mass is 35.5. The Morgan fingerprint density at radius 1 is 1.56 bits per heavy atom. The summed E-state index contributed by atoms with van der Waals surface area (Å²) >= 11 is 0. The SMILES string of the molecule is Cc1cccc(CNC(=O)C2CNCCO2)c1.Cl. The lowest BCUT2D eigenvalue weighted by molar-refractivity contribution is -0.134. The summed E-state index contributed by atoms with van der Waals surface area (Å²) in [6.07, 6.45) is -0.353. The van der Waals surface area contributed by atoms with Gasteiger partial charge in [-0.25, -0.2) is 0 Å². The Bertz CT molecular complexity index is 392. The highest BCUT2D eigenvalue weighted by molar-refractivity contribution is 5.85. The van der Waals surface area contributed by atoms with Crippen molar-refractivity contribution >= 4 is 18.3 Å². The van der Waals surface area contributed by atoms with Crippen molar-refractivity contribution in [3.63, 3.8) is 0 Å². The molecule has 4 nitrogen and oxygen atoms in total. The number of aryl methyl sites for hydroxylation is 1. The van der Waals surface area contributed by atoms with Crippen molar-refractivity contribution in [3.8, 4) is 0 Å². The molecule has 100 valence electrons. The Morgan fingerprint density at radius 2 is 2.39 bits per heavy atom. The number of benzene rings is 1. The molecular formula is C13H19ClN2O2. The van der Waals surface area contributed by atoms with Crippen LogP contribution in [-0.4, -0.2) is 31.7 Å². The molecule has 0 saturated carbocycles. The van der Waals surface area contributed by atoms with Crippen LogP contribution >= 0.6 is 12.4 Å². The summed E-state index contributed by atoms with van der Waals surface area (Å²) < 4.78 is 5.38. The second-order valence-corrected chi connectivity index (χ2v) is 4.27. The molecule has 1 aliphatic heterocycles. The summed E-state index contributed by atoms with van der Waals surface area (Å²) in [5, 5.41) is 6.03. The number of amides is 1. The molecule has 1 heterocycles. The number of rotatable bonds is 3. The second kappa shape index (κ2) is 7.36. The van der Waals surface area contributed by atoms with Crippen molar-refractivity contribution in [3.05, 3.63) is 35.4 Å². The van der Waals surface area contributed by atoms with Gasteiger partial charge in [-0.15, -0.1) is 12.4 Å². The number of carbonyl (C=O) groups is 1. The van der Waals surface area contributed by atoms with Crippen LogP contribution in [0.15, 0.2) is 24.3 Å². The third-order valence-corrected chi connectivity index (χ3v) is 2.77. The molecule has 1 aromatic carbocycles. The number of carbonyl (C=O) groups excluding carboxylic acids is 1. The number of morpholine rings is 1. The molecule has 5 heteroatoms. The molecule has 2 rings (SSSR count). The van der Waals surface area contributed by atoms with E-state index in [0.29, 0.717) is 19.7 Å². The zero-order valence-corrected chi connectivity index (χ0v) is 11.3. The van der Waals surface area contributed by atoms with Gasteiger partial charge >= 0.3 is 0 Å². The van der Waals surface area contributed by atoms with Gasteiger partial charge in [0.05, 0.1) is 6.61 Å². The van der Waals surface area contributed by atoms with Crippen LogP contribution in [0.3, 0.4) is 0 Å². The number of hydrogen-bond acceptors (Lipinski definition) is 3. The van der Waals surface area contributed by atoms with Crippen LogP contribution in [0.1, 0.15) is 11.1 Å². The lowest BCUT2D eigenvalue weighted by Gasteiger charge is -2.22. The van der Waals surface area contributed by atoms with E-state index in [4.69, 9.17) is 4.74 Å². The molecule has 1 fully saturated rings. The Kier molecular flexibility index (Phi) is 6.12. The first-order chi connectivity index (χ1) is 8.25. The fourth-order valence-electron chi connectivity index (χ4n) is 1.86. The van der Waals surface area contributed by atoms with Crippen molar-refractivity contribution in [1.82, 2.24) is 10.6 Å². The quantitative estimate of drug-likeness (QED) is 0.862. The van der Waals surface area contributed by atoms with E-state index in [1.54, 1.807) is 0 Å². The van der Waals surface area contributed by atoms with Gasteiger partial charge in [-0.3, -0.25) is 4.79 Å². The summed E-state index contributed by atoms with van der Waals surface area (Å²) in [5.74, 6) is -0.0429. The molecular weight excluding hydrogens is 252 g/mol. The third-order valence-electron chi connectivity index (χ3n) is 2.77. The monoisotopic (exact) mass is 270 g/mol. The summed E-state index contributed by atoms with van der Waals surface area (Å²) in [5.41, 5.74) is 2.31. The maximum absolute atomic E-state index is 11.8. The van der Waals surface area contributed by atoms with E-state index < -0.39 is 0 Å². The first-order valence-corrected chi connectivity index (χ1v) is 5.91. The first kappa shape index (κ1) is 15.0. The molecule has 0 aliphatic carbocycles. The molecule has 0 radical (unpaired) electrons. The van der Waals surface area contributed by atoms with Gasteiger partial charge in [0, 0.05) is 19.6 Å². The zero-order valence-electron chi connectivity index (χ0n) is 10.4. The maximum atomic E-state index is 11.8. The van der Waals surface area contributed by atoms with Gasteiger partial charge in [-0.2, -0.15) is 0 Å². The van der Waals surface area contributed by atoms with Crippen LogP contribution in [0.5, 0.6) is 0 Å². The molecule has 1 atom stereocenters. The molecule has 18 heavy (non-hydrogen) atoms. The van der Waals surface area contributed by atoms with E-state index in [1.165, 1.54) is 5.56 Å². The van der Waals surface area contributed by atoms with Gasteiger partial charge in [-0.1, -0.05) is 29.8 Å². The van der Waals surface area contributed by atoms with E-state index in [0.717, 1.165) is 12.1 Å². The molecule has 0 aromatic heterocycles. The van der Waals surface area contributed by atoms with Crippen LogP contribution < -0.4 is 10.6 Å². The van der Waals surface area contributed by atoms with Crippen molar-refractivity contribution < 1.29 is 9.53 Å². The molecule has 1 aliphatic rings. The first-order valence-electron chi connectivity index (χ1n) is 5.91. The smallest absolute Gasteiger partial charge is 0.250 e. The fraction of sp³-hybridized carbons (Fsp3) is 0.462. The standard InChI is InChI=1S/C13H18N2O2.ClH/c1-10-3-2-4-11(7-10)8-15-13(16)12-9-14-5-6-17-12;/h2-4,7,12,14H,5-6,8-9H2,1H3,(H,15,16);1H. The number of hydrogen-bond donors (Lipinski definition) is 2. The molecule has 1 aromatic rings. The van der Waals surface area contributed by atoms with E-state index in [9.17, 15) is 4.79 Å². The van der Waals surface area contributed by atoms with Crippen LogP contribution in [0.2, 0.25) is 0 Å². The van der Waals surface area contributed by atoms with Crippen LogP contribution in [-0.2, 0) is 16.1 Å². The molecule has 1 saturated heterocycles.